The molecule has 1 aromatic carbocycles. The molecule has 5 nitrogen and oxygen atoms in total. The van der Waals surface area contributed by atoms with Crippen molar-refractivity contribution in [3.63, 3.8) is 0 Å². The van der Waals surface area contributed by atoms with Crippen LogP contribution in [0, 0.1) is 22.5 Å². The second kappa shape index (κ2) is 9.55. The predicted octanol–water partition coefficient (Wildman–Crippen LogP) is 4.09. The summed E-state index contributed by atoms with van der Waals surface area (Å²) < 4.78 is 14.1. The van der Waals surface area contributed by atoms with Gasteiger partial charge < -0.3 is 14.6 Å². The lowest BCUT2D eigenvalue weighted by Gasteiger charge is -2.23. The fraction of sp³-hybridized carbons (Fsp3) is 0.375. The molecule has 1 aliphatic carbocycles. The molecular formula is C16H15I3O5. The summed E-state index contributed by atoms with van der Waals surface area (Å²) in [4.78, 5) is 23.3. The largest absolute Gasteiger partial charge is 0.488 e. The Bertz CT molecular complexity index is 636. The Balaban J connectivity index is 1.85. The standard InChI is InChI=1S/C16H15I3O5/c17-9-7-12(18)14(13(19)8-9)23-5-6-24-16(22)11-4-2-1-3-10(11)15(20)21/h1-2,7-8,10-11H,3-6H2,(H,20,21). The zero-order valence-corrected chi connectivity index (χ0v) is 19.0. The fourth-order valence-electron chi connectivity index (χ4n) is 2.41. The summed E-state index contributed by atoms with van der Waals surface area (Å²) in [5.41, 5.74) is 0. The maximum Gasteiger partial charge on any atom is 0.310 e. The van der Waals surface area contributed by atoms with E-state index in [1.165, 1.54) is 0 Å². The van der Waals surface area contributed by atoms with Crippen molar-refractivity contribution in [1.82, 2.24) is 0 Å². The van der Waals surface area contributed by atoms with Crippen LogP contribution < -0.4 is 4.74 Å². The first-order chi connectivity index (χ1) is 11.4. The molecule has 2 unspecified atom stereocenters. The van der Waals surface area contributed by atoms with E-state index in [0.29, 0.717) is 12.8 Å². The molecule has 24 heavy (non-hydrogen) atoms. The lowest BCUT2D eigenvalue weighted by molar-refractivity contribution is -0.158. The number of esters is 1. The molecule has 2 rings (SSSR count). The number of halogens is 3. The lowest BCUT2D eigenvalue weighted by atomic mass is 9.83. The number of carboxylic acids is 1. The molecule has 2 atom stereocenters. The number of carboxylic acid groups (broad SMARTS) is 1. The van der Waals surface area contributed by atoms with Crippen molar-refractivity contribution in [1.29, 1.82) is 0 Å². The third-order valence-electron chi connectivity index (χ3n) is 3.59. The zero-order valence-electron chi connectivity index (χ0n) is 12.5. The van der Waals surface area contributed by atoms with Gasteiger partial charge in [-0.05, 0) is 92.7 Å². The van der Waals surface area contributed by atoms with E-state index in [1.54, 1.807) is 6.08 Å². The third-order valence-corrected chi connectivity index (χ3v) is 5.81. The Morgan fingerprint density at radius 1 is 1.04 bits per heavy atom. The number of carbonyl (C=O) groups excluding carboxylic acids is 1. The summed E-state index contributed by atoms with van der Waals surface area (Å²) in [5.74, 6) is -1.98. The molecule has 1 aliphatic rings. The van der Waals surface area contributed by atoms with E-state index >= 15 is 0 Å². The lowest BCUT2D eigenvalue weighted by Crippen LogP contribution is -2.33. The van der Waals surface area contributed by atoms with Crippen molar-refractivity contribution < 1.29 is 24.2 Å². The molecule has 0 aromatic heterocycles. The van der Waals surface area contributed by atoms with E-state index in [-0.39, 0.29) is 13.2 Å². The molecule has 130 valence electrons. The van der Waals surface area contributed by atoms with Gasteiger partial charge in [-0.2, -0.15) is 0 Å². The number of benzene rings is 1. The Morgan fingerprint density at radius 3 is 2.21 bits per heavy atom. The number of hydrogen-bond acceptors (Lipinski definition) is 4. The fourth-order valence-corrected chi connectivity index (χ4v) is 6.30. The van der Waals surface area contributed by atoms with Crippen molar-refractivity contribution in [2.75, 3.05) is 13.2 Å². The molecular weight excluding hydrogens is 653 g/mol. The minimum absolute atomic E-state index is 0.101. The van der Waals surface area contributed by atoms with Gasteiger partial charge in [-0.3, -0.25) is 9.59 Å². The SMILES string of the molecule is O=C(O)C1CC=CCC1C(=O)OCCOc1c(I)cc(I)cc1I. The van der Waals surface area contributed by atoms with Crippen LogP contribution in [0.25, 0.3) is 0 Å². The van der Waals surface area contributed by atoms with E-state index in [4.69, 9.17) is 9.47 Å². The molecule has 0 spiro atoms. The Kier molecular flexibility index (Phi) is 8.04. The number of ether oxygens (including phenoxy) is 2. The van der Waals surface area contributed by atoms with Crippen LogP contribution in [0.15, 0.2) is 24.3 Å². The molecule has 0 aliphatic heterocycles. The minimum atomic E-state index is -0.958. The summed E-state index contributed by atoms with van der Waals surface area (Å²) in [7, 11) is 0. The molecule has 0 amide bonds. The van der Waals surface area contributed by atoms with Gasteiger partial charge in [-0.15, -0.1) is 0 Å². The van der Waals surface area contributed by atoms with Gasteiger partial charge in [0.1, 0.15) is 19.0 Å². The second-order valence-corrected chi connectivity index (χ2v) is 8.78. The first-order valence-electron chi connectivity index (χ1n) is 7.22. The molecule has 0 radical (unpaired) electrons. The topological polar surface area (TPSA) is 72.8 Å². The van der Waals surface area contributed by atoms with Crippen LogP contribution in [0.4, 0.5) is 0 Å². The quantitative estimate of drug-likeness (QED) is 0.214. The predicted molar refractivity (Wildman–Crippen MR) is 114 cm³/mol. The summed E-state index contributed by atoms with van der Waals surface area (Å²) in [5, 5.41) is 9.19. The highest BCUT2D eigenvalue weighted by Gasteiger charge is 2.35. The number of hydrogen-bond donors (Lipinski definition) is 1. The van der Waals surface area contributed by atoms with Crippen molar-refractivity contribution in [3.05, 3.63) is 35.0 Å². The monoisotopic (exact) mass is 668 g/mol. The van der Waals surface area contributed by atoms with E-state index in [2.05, 4.69) is 67.8 Å². The van der Waals surface area contributed by atoms with Crippen molar-refractivity contribution >= 4 is 79.7 Å². The number of carbonyl (C=O) groups is 2. The van der Waals surface area contributed by atoms with Crippen LogP contribution in [-0.4, -0.2) is 30.3 Å². The van der Waals surface area contributed by atoms with Gasteiger partial charge in [0.05, 0.1) is 19.0 Å². The van der Waals surface area contributed by atoms with E-state index in [0.717, 1.165) is 16.5 Å². The zero-order chi connectivity index (χ0) is 17.7. The first kappa shape index (κ1) is 20.2. The maximum absolute atomic E-state index is 12.1. The summed E-state index contributed by atoms with van der Waals surface area (Å²) in [6.07, 6.45) is 4.40. The van der Waals surface area contributed by atoms with Gasteiger partial charge >= 0.3 is 11.9 Å². The Labute approximate surface area is 181 Å². The number of rotatable bonds is 6. The minimum Gasteiger partial charge on any atom is -0.488 e. The van der Waals surface area contributed by atoms with E-state index in [1.807, 2.05) is 18.2 Å². The second-order valence-electron chi connectivity index (χ2n) is 5.21. The highest BCUT2D eigenvalue weighted by atomic mass is 127. The molecule has 0 bridgehead atoms. The van der Waals surface area contributed by atoms with Crippen LogP contribution in [0.5, 0.6) is 5.75 Å². The highest BCUT2D eigenvalue weighted by Crippen LogP contribution is 2.30. The average molecular weight is 668 g/mol. The molecule has 0 saturated heterocycles. The van der Waals surface area contributed by atoms with E-state index < -0.39 is 23.8 Å². The molecule has 1 aromatic rings. The normalized spacial score (nSPS) is 19.8. The van der Waals surface area contributed by atoms with Gasteiger partial charge in [0, 0.05) is 3.57 Å². The van der Waals surface area contributed by atoms with Crippen molar-refractivity contribution in [3.8, 4) is 5.75 Å². The number of allylic oxidation sites excluding steroid dienone is 2. The summed E-state index contributed by atoms with van der Waals surface area (Å²) in [6.45, 7) is 0.335. The molecule has 0 heterocycles. The highest BCUT2D eigenvalue weighted by molar-refractivity contribution is 14.1. The smallest absolute Gasteiger partial charge is 0.310 e. The third kappa shape index (κ3) is 5.44. The van der Waals surface area contributed by atoms with E-state index in [9.17, 15) is 14.7 Å². The Morgan fingerprint density at radius 2 is 1.62 bits per heavy atom. The number of aliphatic carboxylic acids is 1. The van der Waals surface area contributed by atoms with Crippen LogP contribution in [0.3, 0.4) is 0 Å². The summed E-state index contributed by atoms with van der Waals surface area (Å²) in [6, 6.07) is 4.02. The van der Waals surface area contributed by atoms with Crippen LogP contribution in [0.1, 0.15) is 12.8 Å². The molecule has 0 saturated carbocycles. The van der Waals surface area contributed by atoms with Gasteiger partial charge in [-0.25, -0.2) is 0 Å². The van der Waals surface area contributed by atoms with Crippen molar-refractivity contribution in [2.45, 2.75) is 12.8 Å². The maximum atomic E-state index is 12.1. The molecule has 8 heteroatoms. The Hall–Kier alpha value is -0.110. The molecule has 0 fully saturated rings. The summed E-state index contributed by atoms with van der Waals surface area (Å²) >= 11 is 6.66. The molecule has 1 N–H and O–H groups in total. The van der Waals surface area contributed by atoms with Gasteiger partial charge in [0.2, 0.25) is 0 Å². The van der Waals surface area contributed by atoms with Crippen molar-refractivity contribution in [2.24, 2.45) is 11.8 Å². The van der Waals surface area contributed by atoms with Crippen LogP contribution in [0.2, 0.25) is 0 Å². The average Bonchev–Trinajstić information content (AvgIpc) is 2.52. The van der Waals surface area contributed by atoms with Gasteiger partial charge in [-0.1, -0.05) is 12.2 Å². The van der Waals surface area contributed by atoms with Crippen LogP contribution in [-0.2, 0) is 14.3 Å². The van der Waals surface area contributed by atoms with Gasteiger partial charge in [0.15, 0.2) is 0 Å². The van der Waals surface area contributed by atoms with Crippen LogP contribution >= 0.6 is 67.8 Å². The first-order valence-corrected chi connectivity index (χ1v) is 10.5. The van der Waals surface area contributed by atoms with Gasteiger partial charge in [0.25, 0.3) is 0 Å².